The van der Waals surface area contributed by atoms with Crippen LogP contribution < -0.4 is 10.6 Å². The van der Waals surface area contributed by atoms with Crippen LogP contribution in [-0.2, 0) is 23.9 Å². The quantitative estimate of drug-likeness (QED) is 0.450. The number of ether oxygens (including phenoxy) is 2. The third-order valence-corrected chi connectivity index (χ3v) is 3.36. The number of nitrogens with one attached hydrogen (secondary N) is 2. The lowest BCUT2D eigenvalue weighted by atomic mass is 10.1. The Labute approximate surface area is 152 Å². The molecule has 1 unspecified atom stereocenters. The zero-order valence-corrected chi connectivity index (χ0v) is 14.9. The Bertz CT molecular complexity index is 615. The second-order valence-electron chi connectivity index (χ2n) is 5.25. The highest BCUT2D eigenvalue weighted by molar-refractivity contribution is 5.97. The van der Waals surface area contributed by atoms with Crippen LogP contribution in [0.15, 0.2) is 24.3 Å². The van der Waals surface area contributed by atoms with Crippen molar-refractivity contribution in [1.29, 1.82) is 0 Å². The van der Waals surface area contributed by atoms with E-state index in [9.17, 15) is 19.2 Å². The van der Waals surface area contributed by atoms with Crippen LogP contribution in [0.5, 0.6) is 0 Å². The van der Waals surface area contributed by atoms with Crippen LogP contribution in [0.1, 0.15) is 37.0 Å². The molecule has 0 saturated carbocycles. The summed E-state index contributed by atoms with van der Waals surface area (Å²) >= 11 is 0. The lowest BCUT2D eigenvalue weighted by Crippen LogP contribution is -2.42. The normalized spacial score (nSPS) is 11.2. The number of hydrogen-bond acceptors (Lipinski definition) is 7. The summed E-state index contributed by atoms with van der Waals surface area (Å²) in [5.41, 5.74) is 1.03. The van der Waals surface area contributed by atoms with Crippen LogP contribution >= 0.6 is 0 Å². The number of aldehydes is 1. The molecule has 0 bridgehead atoms. The summed E-state index contributed by atoms with van der Waals surface area (Å²) in [4.78, 5) is 46.2. The van der Waals surface area contributed by atoms with Gasteiger partial charge in [-0.25, -0.2) is 4.79 Å². The molecule has 0 aliphatic carbocycles. The van der Waals surface area contributed by atoms with Gasteiger partial charge >= 0.3 is 11.9 Å². The minimum atomic E-state index is -0.945. The van der Waals surface area contributed by atoms with Crippen molar-refractivity contribution in [3.63, 3.8) is 0 Å². The zero-order chi connectivity index (χ0) is 19.4. The molecule has 8 heteroatoms. The van der Waals surface area contributed by atoms with Crippen LogP contribution in [-0.4, -0.2) is 49.9 Å². The topological polar surface area (TPSA) is 111 Å². The van der Waals surface area contributed by atoms with E-state index in [2.05, 4.69) is 10.6 Å². The van der Waals surface area contributed by atoms with Crippen molar-refractivity contribution in [3.05, 3.63) is 29.8 Å². The first-order chi connectivity index (χ1) is 12.5. The Hall–Kier alpha value is -2.90. The summed E-state index contributed by atoms with van der Waals surface area (Å²) in [7, 11) is 0. The van der Waals surface area contributed by atoms with Gasteiger partial charge in [-0.3, -0.25) is 9.59 Å². The predicted molar refractivity (Wildman–Crippen MR) is 94.7 cm³/mol. The molecule has 0 fully saturated rings. The average Bonchev–Trinajstić information content (AvgIpc) is 2.64. The molecule has 1 atom stereocenters. The lowest BCUT2D eigenvalue weighted by molar-refractivity contribution is -0.146. The van der Waals surface area contributed by atoms with Gasteiger partial charge in [0, 0.05) is 17.7 Å². The third-order valence-electron chi connectivity index (χ3n) is 3.36. The molecular formula is C18H24N2O6. The number of amides is 1. The maximum atomic E-state index is 12.3. The molecule has 0 spiro atoms. The van der Waals surface area contributed by atoms with E-state index in [0.717, 1.165) is 6.29 Å². The molecule has 0 aliphatic heterocycles. The van der Waals surface area contributed by atoms with Gasteiger partial charge in [0.2, 0.25) is 0 Å². The highest BCUT2D eigenvalue weighted by Crippen LogP contribution is 2.10. The van der Waals surface area contributed by atoms with Gasteiger partial charge in [0.1, 0.15) is 12.3 Å². The van der Waals surface area contributed by atoms with E-state index in [-0.39, 0.29) is 32.6 Å². The van der Waals surface area contributed by atoms with Crippen molar-refractivity contribution < 1.29 is 28.7 Å². The molecule has 0 aliphatic rings. The Morgan fingerprint density at radius 1 is 1.08 bits per heavy atom. The molecule has 1 aromatic rings. The molecule has 8 nitrogen and oxygen atoms in total. The molecule has 1 amide bonds. The average molecular weight is 364 g/mol. The van der Waals surface area contributed by atoms with Gasteiger partial charge in [-0.05, 0) is 44.5 Å². The van der Waals surface area contributed by atoms with Gasteiger partial charge < -0.3 is 24.9 Å². The van der Waals surface area contributed by atoms with Crippen LogP contribution in [0.2, 0.25) is 0 Å². The molecule has 0 radical (unpaired) electrons. The summed E-state index contributed by atoms with van der Waals surface area (Å²) in [5, 5.41) is 5.44. The second-order valence-corrected chi connectivity index (χ2v) is 5.25. The first-order valence-electron chi connectivity index (χ1n) is 8.42. The minimum absolute atomic E-state index is 0.00778. The smallest absolute Gasteiger partial charge is 0.328 e. The van der Waals surface area contributed by atoms with Crippen LogP contribution in [0.25, 0.3) is 0 Å². The maximum Gasteiger partial charge on any atom is 0.328 e. The van der Waals surface area contributed by atoms with E-state index in [0.29, 0.717) is 11.3 Å². The van der Waals surface area contributed by atoms with E-state index in [4.69, 9.17) is 9.47 Å². The number of rotatable bonds is 11. The molecular weight excluding hydrogens is 340 g/mol. The van der Waals surface area contributed by atoms with Crippen molar-refractivity contribution in [3.8, 4) is 0 Å². The molecule has 0 aromatic heterocycles. The summed E-state index contributed by atoms with van der Waals surface area (Å²) in [6, 6.07) is 5.48. The van der Waals surface area contributed by atoms with Gasteiger partial charge in [0.25, 0.3) is 5.91 Å². The van der Waals surface area contributed by atoms with Crippen molar-refractivity contribution in [1.82, 2.24) is 5.32 Å². The molecule has 26 heavy (non-hydrogen) atoms. The Morgan fingerprint density at radius 3 is 2.31 bits per heavy atom. The predicted octanol–water partition coefficient (Wildman–Crippen LogP) is 1.30. The fourth-order valence-electron chi connectivity index (χ4n) is 2.13. The first-order valence-corrected chi connectivity index (χ1v) is 8.42. The number of carbonyl (C=O) groups excluding carboxylic acids is 4. The van der Waals surface area contributed by atoms with Gasteiger partial charge in [-0.15, -0.1) is 0 Å². The van der Waals surface area contributed by atoms with Crippen LogP contribution in [0.3, 0.4) is 0 Å². The lowest BCUT2D eigenvalue weighted by Gasteiger charge is -2.17. The molecule has 142 valence electrons. The largest absolute Gasteiger partial charge is 0.466 e. The van der Waals surface area contributed by atoms with Crippen molar-refractivity contribution in [2.45, 2.75) is 32.7 Å². The second kappa shape index (κ2) is 11.6. The van der Waals surface area contributed by atoms with Gasteiger partial charge in [0.15, 0.2) is 0 Å². The third kappa shape index (κ3) is 7.33. The number of esters is 2. The SMILES string of the molecule is CCOC(=O)CCC(NC(=O)c1ccc(NCC=O)cc1)C(=O)OCC. The van der Waals surface area contributed by atoms with Crippen molar-refractivity contribution in [2.75, 3.05) is 25.1 Å². The highest BCUT2D eigenvalue weighted by atomic mass is 16.5. The van der Waals surface area contributed by atoms with Crippen molar-refractivity contribution >= 4 is 29.8 Å². The summed E-state index contributed by atoms with van der Waals surface area (Å²) < 4.78 is 9.78. The summed E-state index contributed by atoms with van der Waals surface area (Å²) in [6.45, 7) is 3.94. The molecule has 1 rings (SSSR count). The number of carbonyl (C=O) groups is 4. The molecule has 0 saturated heterocycles. The Balaban J connectivity index is 2.72. The van der Waals surface area contributed by atoms with E-state index in [1.165, 1.54) is 0 Å². The van der Waals surface area contributed by atoms with Gasteiger partial charge in [0.05, 0.1) is 19.8 Å². The van der Waals surface area contributed by atoms with Gasteiger partial charge in [-0.2, -0.15) is 0 Å². The van der Waals surface area contributed by atoms with E-state index < -0.39 is 23.9 Å². The van der Waals surface area contributed by atoms with Crippen LogP contribution in [0, 0.1) is 0 Å². The molecule has 2 N–H and O–H groups in total. The maximum absolute atomic E-state index is 12.3. The Kier molecular flexibility index (Phi) is 9.45. The molecule has 1 aromatic carbocycles. The van der Waals surface area contributed by atoms with E-state index in [1.54, 1.807) is 38.1 Å². The Morgan fingerprint density at radius 2 is 1.73 bits per heavy atom. The fourth-order valence-corrected chi connectivity index (χ4v) is 2.13. The zero-order valence-electron chi connectivity index (χ0n) is 14.9. The van der Waals surface area contributed by atoms with Crippen LogP contribution in [0.4, 0.5) is 5.69 Å². The standard InChI is InChI=1S/C18H24N2O6/c1-3-25-16(22)10-9-15(18(24)26-4-2)20-17(23)13-5-7-14(8-6-13)19-11-12-21/h5-8,12,15,19H,3-4,9-11H2,1-2H3,(H,20,23). The fraction of sp³-hybridized carbons (Fsp3) is 0.444. The number of anilines is 1. The van der Waals surface area contributed by atoms with E-state index in [1.807, 2.05) is 0 Å². The highest BCUT2D eigenvalue weighted by Gasteiger charge is 2.23. The first kappa shape index (κ1) is 21.1. The summed E-state index contributed by atoms with van der Waals surface area (Å²) in [5.74, 6) is -1.51. The number of benzene rings is 1. The molecule has 0 heterocycles. The van der Waals surface area contributed by atoms with Gasteiger partial charge in [-0.1, -0.05) is 0 Å². The summed E-state index contributed by atoms with van der Waals surface area (Å²) in [6.07, 6.45) is 0.808. The minimum Gasteiger partial charge on any atom is -0.466 e. The number of hydrogen-bond donors (Lipinski definition) is 2. The van der Waals surface area contributed by atoms with E-state index >= 15 is 0 Å². The monoisotopic (exact) mass is 364 g/mol. The van der Waals surface area contributed by atoms with Crippen molar-refractivity contribution in [2.24, 2.45) is 0 Å².